The number of hydrogen-bond acceptors (Lipinski definition) is 4. The van der Waals surface area contributed by atoms with Gasteiger partial charge in [0.15, 0.2) is 5.96 Å². The minimum Gasteiger partial charge on any atom is -0.489 e. The van der Waals surface area contributed by atoms with Gasteiger partial charge in [-0.15, -0.1) is 0 Å². The Morgan fingerprint density at radius 1 is 1.26 bits per heavy atom. The number of nitrogens with zero attached hydrogens (tertiary/aromatic N) is 2. The largest absolute Gasteiger partial charge is 0.489 e. The van der Waals surface area contributed by atoms with E-state index in [0.717, 1.165) is 62.8 Å². The summed E-state index contributed by atoms with van der Waals surface area (Å²) < 4.78 is 17.0. The van der Waals surface area contributed by atoms with Crippen molar-refractivity contribution in [2.75, 3.05) is 47.0 Å². The average Bonchev–Trinajstić information content (AvgIpc) is 2.68. The van der Waals surface area contributed by atoms with E-state index >= 15 is 0 Å². The summed E-state index contributed by atoms with van der Waals surface area (Å²) in [5.74, 6) is 1.88. The van der Waals surface area contributed by atoms with E-state index in [-0.39, 0.29) is 6.10 Å². The number of nitrogens with one attached hydrogen (secondary N) is 1. The summed E-state index contributed by atoms with van der Waals surface area (Å²) in [7, 11) is 3.56. The first-order valence-electron chi connectivity index (χ1n) is 9.92. The number of rotatable bonds is 9. The molecule has 152 valence electrons. The molecule has 6 heteroatoms. The topological polar surface area (TPSA) is 55.3 Å². The molecule has 1 saturated heterocycles. The van der Waals surface area contributed by atoms with Crippen LogP contribution in [0.15, 0.2) is 29.3 Å². The maximum absolute atomic E-state index is 6.04. The molecule has 0 spiro atoms. The monoisotopic (exact) mass is 377 g/mol. The van der Waals surface area contributed by atoms with Crippen LogP contribution < -0.4 is 10.1 Å². The van der Waals surface area contributed by atoms with Crippen molar-refractivity contribution in [3.63, 3.8) is 0 Å². The van der Waals surface area contributed by atoms with Gasteiger partial charge in [-0.2, -0.15) is 0 Å². The quantitative estimate of drug-likeness (QED) is 0.407. The van der Waals surface area contributed by atoms with E-state index < -0.39 is 0 Å². The second kappa shape index (κ2) is 11.8. The van der Waals surface area contributed by atoms with Crippen molar-refractivity contribution in [1.82, 2.24) is 10.2 Å². The van der Waals surface area contributed by atoms with Crippen molar-refractivity contribution < 1.29 is 14.2 Å². The molecule has 0 amide bonds. The van der Waals surface area contributed by atoms with Crippen LogP contribution in [0.1, 0.15) is 31.7 Å². The first kappa shape index (κ1) is 21.5. The molecule has 1 unspecified atom stereocenters. The van der Waals surface area contributed by atoms with Crippen LogP contribution >= 0.6 is 0 Å². The van der Waals surface area contributed by atoms with Crippen LogP contribution in [-0.2, 0) is 9.47 Å². The summed E-state index contributed by atoms with van der Waals surface area (Å²) in [4.78, 5) is 6.74. The smallest absolute Gasteiger partial charge is 0.193 e. The number of aliphatic imine (C=N–C) groups is 1. The zero-order valence-electron chi connectivity index (χ0n) is 17.2. The Balaban J connectivity index is 1.70. The highest BCUT2D eigenvalue weighted by Crippen LogP contribution is 2.18. The maximum Gasteiger partial charge on any atom is 0.193 e. The molecule has 6 nitrogen and oxygen atoms in total. The third-order valence-electron chi connectivity index (χ3n) is 4.77. The number of methoxy groups -OCH3 is 1. The fourth-order valence-electron chi connectivity index (χ4n) is 3.20. The number of likely N-dealkylation sites (tertiary alicyclic amines) is 1. The molecule has 1 aromatic rings. The lowest BCUT2D eigenvalue weighted by Gasteiger charge is -2.34. The van der Waals surface area contributed by atoms with Gasteiger partial charge in [0.2, 0.25) is 0 Å². The molecule has 0 aliphatic carbocycles. The van der Waals surface area contributed by atoms with E-state index in [1.54, 1.807) is 7.11 Å². The molecule has 27 heavy (non-hydrogen) atoms. The van der Waals surface area contributed by atoms with Crippen molar-refractivity contribution in [2.24, 2.45) is 4.99 Å². The molecule has 1 fully saturated rings. The summed E-state index contributed by atoms with van der Waals surface area (Å²) in [5, 5.41) is 3.45. The summed E-state index contributed by atoms with van der Waals surface area (Å²) in [5.41, 5.74) is 1.15. The standard InChI is InChI=1S/C21H35N3O3/c1-17-8-5-6-9-20(17)27-18(2)16-23-21(22-3)24-12-10-19(11-13-24)26-15-7-14-25-4/h5-6,8-9,18-19H,7,10-16H2,1-4H3,(H,22,23). The Bertz CT molecular complexity index is 572. The van der Waals surface area contributed by atoms with Crippen LogP contribution in [0, 0.1) is 6.92 Å². The van der Waals surface area contributed by atoms with Gasteiger partial charge in [-0.25, -0.2) is 0 Å². The Hall–Kier alpha value is -1.79. The first-order valence-corrected chi connectivity index (χ1v) is 9.92. The molecule has 1 aliphatic rings. The first-order chi connectivity index (χ1) is 13.1. The number of aryl methyl sites for hydroxylation is 1. The summed E-state index contributed by atoms with van der Waals surface area (Å²) in [6, 6.07) is 8.11. The van der Waals surface area contributed by atoms with Crippen molar-refractivity contribution in [3.05, 3.63) is 29.8 Å². The summed E-state index contributed by atoms with van der Waals surface area (Å²) >= 11 is 0. The van der Waals surface area contributed by atoms with E-state index in [0.29, 0.717) is 12.6 Å². The Morgan fingerprint density at radius 3 is 2.67 bits per heavy atom. The second-order valence-electron chi connectivity index (χ2n) is 7.03. The van der Waals surface area contributed by atoms with Gasteiger partial charge < -0.3 is 24.4 Å². The van der Waals surface area contributed by atoms with Gasteiger partial charge in [0.05, 0.1) is 12.6 Å². The zero-order chi connectivity index (χ0) is 19.5. The molecule has 1 aromatic carbocycles. The van der Waals surface area contributed by atoms with Gasteiger partial charge in [0.25, 0.3) is 0 Å². The molecule has 1 aliphatic heterocycles. The van der Waals surface area contributed by atoms with Crippen LogP contribution in [0.5, 0.6) is 5.75 Å². The van der Waals surface area contributed by atoms with Gasteiger partial charge >= 0.3 is 0 Å². The molecule has 0 aromatic heterocycles. The fraction of sp³-hybridized carbons (Fsp3) is 0.667. The van der Waals surface area contributed by atoms with Crippen LogP contribution in [0.4, 0.5) is 0 Å². The van der Waals surface area contributed by atoms with Crippen molar-refractivity contribution in [3.8, 4) is 5.75 Å². The number of ether oxygens (including phenoxy) is 3. The van der Waals surface area contributed by atoms with E-state index in [1.165, 1.54) is 0 Å². The predicted octanol–water partition coefficient (Wildman–Crippen LogP) is 2.86. The zero-order valence-corrected chi connectivity index (χ0v) is 17.2. The van der Waals surface area contributed by atoms with Crippen molar-refractivity contribution >= 4 is 5.96 Å². The lowest BCUT2D eigenvalue weighted by Crippen LogP contribution is -2.48. The number of benzene rings is 1. The third-order valence-corrected chi connectivity index (χ3v) is 4.77. The Morgan fingerprint density at radius 2 is 2.00 bits per heavy atom. The SMILES string of the molecule is CN=C(NCC(C)Oc1ccccc1C)N1CCC(OCCCOC)CC1. The Labute approximate surface area is 163 Å². The Kier molecular flexibility index (Phi) is 9.42. The molecule has 0 saturated carbocycles. The van der Waals surface area contributed by atoms with E-state index in [1.807, 2.05) is 25.2 Å². The molecular weight excluding hydrogens is 342 g/mol. The third kappa shape index (κ3) is 7.39. The van der Waals surface area contributed by atoms with Crippen LogP contribution in [0.2, 0.25) is 0 Å². The molecular formula is C21H35N3O3. The summed E-state index contributed by atoms with van der Waals surface area (Å²) in [6.07, 6.45) is 3.42. The molecule has 1 atom stereocenters. The molecule has 1 heterocycles. The fourth-order valence-corrected chi connectivity index (χ4v) is 3.20. The lowest BCUT2D eigenvalue weighted by atomic mass is 10.1. The van der Waals surface area contributed by atoms with Gasteiger partial charge in [0, 0.05) is 40.5 Å². The van der Waals surface area contributed by atoms with Gasteiger partial charge in [-0.1, -0.05) is 18.2 Å². The molecule has 0 bridgehead atoms. The van der Waals surface area contributed by atoms with Gasteiger partial charge in [0.1, 0.15) is 11.9 Å². The highest BCUT2D eigenvalue weighted by atomic mass is 16.5. The van der Waals surface area contributed by atoms with E-state index in [2.05, 4.69) is 35.1 Å². The van der Waals surface area contributed by atoms with Crippen LogP contribution in [0.3, 0.4) is 0 Å². The number of para-hydroxylation sites is 1. The average molecular weight is 378 g/mol. The predicted molar refractivity (Wildman–Crippen MR) is 110 cm³/mol. The number of piperidine rings is 1. The van der Waals surface area contributed by atoms with Gasteiger partial charge in [-0.05, 0) is 44.7 Å². The lowest BCUT2D eigenvalue weighted by molar-refractivity contribution is 0.00984. The maximum atomic E-state index is 6.04. The molecule has 0 radical (unpaired) electrons. The van der Waals surface area contributed by atoms with Crippen LogP contribution in [0.25, 0.3) is 0 Å². The second-order valence-corrected chi connectivity index (χ2v) is 7.03. The normalized spacial score (nSPS) is 17.0. The minimum absolute atomic E-state index is 0.0597. The van der Waals surface area contributed by atoms with Crippen molar-refractivity contribution in [2.45, 2.75) is 45.3 Å². The molecule has 2 rings (SSSR count). The highest BCUT2D eigenvalue weighted by molar-refractivity contribution is 5.80. The van der Waals surface area contributed by atoms with E-state index in [4.69, 9.17) is 14.2 Å². The minimum atomic E-state index is 0.0597. The molecule has 1 N–H and O–H groups in total. The number of hydrogen-bond donors (Lipinski definition) is 1. The van der Waals surface area contributed by atoms with Crippen molar-refractivity contribution in [1.29, 1.82) is 0 Å². The highest BCUT2D eigenvalue weighted by Gasteiger charge is 2.22. The van der Waals surface area contributed by atoms with Crippen LogP contribution in [-0.4, -0.2) is 70.1 Å². The van der Waals surface area contributed by atoms with E-state index in [9.17, 15) is 0 Å². The number of guanidine groups is 1. The van der Waals surface area contributed by atoms with Gasteiger partial charge in [-0.3, -0.25) is 4.99 Å². The summed E-state index contributed by atoms with van der Waals surface area (Å²) in [6.45, 7) is 8.32.